The van der Waals surface area contributed by atoms with Crippen molar-refractivity contribution in [1.82, 2.24) is 5.48 Å². The van der Waals surface area contributed by atoms with E-state index in [4.69, 9.17) is 16.4 Å². The highest BCUT2D eigenvalue weighted by molar-refractivity contribution is 6.31. The molecule has 0 aliphatic heterocycles. The zero-order valence-electron chi connectivity index (χ0n) is 9.55. The lowest BCUT2D eigenvalue weighted by atomic mass is 10.1. The summed E-state index contributed by atoms with van der Waals surface area (Å²) < 4.78 is 0. The third-order valence-corrected chi connectivity index (χ3v) is 2.61. The summed E-state index contributed by atoms with van der Waals surface area (Å²) in [7, 11) is 0. The summed E-state index contributed by atoms with van der Waals surface area (Å²) in [5.74, 6) is -0.112. The van der Waals surface area contributed by atoms with Crippen LogP contribution in [0.1, 0.15) is 24.5 Å². The van der Waals surface area contributed by atoms with Crippen molar-refractivity contribution >= 4 is 17.5 Å². The molecule has 88 valence electrons. The van der Waals surface area contributed by atoms with Crippen LogP contribution in [0.4, 0.5) is 0 Å². The average molecular weight is 242 g/mol. The van der Waals surface area contributed by atoms with E-state index in [-0.39, 0.29) is 5.91 Å². The molecule has 0 heterocycles. The summed E-state index contributed by atoms with van der Waals surface area (Å²) in [5, 5.41) is 0.739. The standard InChI is InChI=1S/C12H16ClNO2/c1-3-16-14-12(15)7-6-10-5-4-9(2)11(13)8-10/h4-5,8H,3,6-7H2,1-2H3,(H,14,15). The molecule has 0 aromatic heterocycles. The Kier molecular flexibility index (Phi) is 5.29. The fourth-order valence-electron chi connectivity index (χ4n) is 1.25. The van der Waals surface area contributed by atoms with E-state index in [1.807, 2.05) is 32.0 Å². The molecule has 4 heteroatoms. The van der Waals surface area contributed by atoms with Gasteiger partial charge in [0.1, 0.15) is 0 Å². The number of carbonyl (C=O) groups excluding carboxylic acids is 1. The molecule has 0 aliphatic carbocycles. The molecule has 1 N–H and O–H groups in total. The number of hydrogen-bond acceptors (Lipinski definition) is 2. The lowest BCUT2D eigenvalue weighted by molar-refractivity contribution is -0.133. The Labute approximate surface area is 101 Å². The predicted molar refractivity (Wildman–Crippen MR) is 64.3 cm³/mol. The number of carbonyl (C=O) groups is 1. The highest BCUT2D eigenvalue weighted by Gasteiger charge is 2.03. The van der Waals surface area contributed by atoms with Crippen molar-refractivity contribution in [2.75, 3.05) is 6.61 Å². The predicted octanol–water partition coefficient (Wildman–Crippen LogP) is 2.65. The number of aryl methyl sites for hydroxylation is 2. The summed E-state index contributed by atoms with van der Waals surface area (Å²) in [6, 6.07) is 5.83. The summed E-state index contributed by atoms with van der Waals surface area (Å²) in [5.41, 5.74) is 4.46. The van der Waals surface area contributed by atoms with Crippen molar-refractivity contribution in [3.8, 4) is 0 Å². The van der Waals surface area contributed by atoms with Crippen LogP contribution < -0.4 is 5.48 Å². The van der Waals surface area contributed by atoms with Crippen molar-refractivity contribution in [3.63, 3.8) is 0 Å². The molecule has 0 atom stereocenters. The Bertz CT molecular complexity index is 366. The normalized spacial score (nSPS) is 10.2. The van der Waals surface area contributed by atoms with Gasteiger partial charge in [-0.05, 0) is 37.5 Å². The smallest absolute Gasteiger partial charge is 0.243 e. The maximum atomic E-state index is 11.3. The minimum absolute atomic E-state index is 0.112. The van der Waals surface area contributed by atoms with Crippen molar-refractivity contribution in [1.29, 1.82) is 0 Å². The third-order valence-electron chi connectivity index (χ3n) is 2.21. The maximum Gasteiger partial charge on any atom is 0.243 e. The van der Waals surface area contributed by atoms with Gasteiger partial charge in [0.2, 0.25) is 5.91 Å². The first-order chi connectivity index (χ1) is 7.63. The van der Waals surface area contributed by atoms with Gasteiger partial charge in [0.25, 0.3) is 0 Å². The molecule has 1 rings (SSSR count). The lowest BCUT2D eigenvalue weighted by Gasteiger charge is -2.05. The SMILES string of the molecule is CCONC(=O)CCc1ccc(C)c(Cl)c1. The molecule has 0 fully saturated rings. The molecule has 1 aromatic rings. The van der Waals surface area contributed by atoms with Gasteiger partial charge in [-0.25, -0.2) is 5.48 Å². The van der Waals surface area contributed by atoms with Crippen molar-refractivity contribution in [3.05, 3.63) is 34.3 Å². The monoisotopic (exact) mass is 241 g/mol. The van der Waals surface area contributed by atoms with Crippen LogP contribution in [0.15, 0.2) is 18.2 Å². The highest BCUT2D eigenvalue weighted by atomic mass is 35.5. The van der Waals surface area contributed by atoms with Crippen LogP contribution in [0.3, 0.4) is 0 Å². The second-order valence-corrected chi connectivity index (χ2v) is 3.95. The van der Waals surface area contributed by atoms with Gasteiger partial charge in [0, 0.05) is 11.4 Å². The van der Waals surface area contributed by atoms with Crippen LogP contribution in [-0.4, -0.2) is 12.5 Å². The molecule has 0 saturated carbocycles. The van der Waals surface area contributed by atoms with Gasteiger partial charge < -0.3 is 0 Å². The Morgan fingerprint density at radius 1 is 1.50 bits per heavy atom. The minimum Gasteiger partial charge on any atom is -0.274 e. The first-order valence-electron chi connectivity index (χ1n) is 5.29. The van der Waals surface area contributed by atoms with E-state index in [0.29, 0.717) is 19.4 Å². The Balaban J connectivity index is 2.42. The number of rotatable bonds is 5. The van der Waals surface area contributed by atoms with E-state index in [1.165, 1.54) is 0 Å². The van der Waals surface area contributed by atoms with Gasteiger partial charge in [-0.15, -0.1) is 0 Å². The van der Waals surface area contributed by atoms with E-state index in [0.717, 1.165) is 16.1 Å². The van der Waals surface area contributed by atoms with Crippen molar-refractivity contribution in [2.24, 2.45) is 0 Å². The zero-order chi connectivity index (χ0) is 12.0. The van der Waals surface area contributed by atoms with Crippen molar-refractivity contribution < 1.29 is 9.63 Å². The number of nitrogens with one attached hydrogen (secondary N) is 1. The maximum absolute atomic E-state index is 11.3. The second-order valence-electron chi connectivity index (χ2n) is 3.54. The number of hydroxylamine groups is 1. The van der Waals surface area contributed by atoms with E-state index < -0.39 is 0 Å². The fourth-order valence-corrected chi connectivity index (χ4v) is 1.46. The summed E-state index contributed by atoms with van der Waals surface area (Å²) in [6.07, 6.45) is 1.07. The average Bonchev–Trinajstić information content (AvgIpc) is 2.28. The van der Waals surface area contributed by atoms with Gasteiger partial charge in [0.15, 0.2) is 0 Å². The molecule has 0 unspecified atom stereocenters. The topological polar surface area (TPSA) is 38.3 Å². The Morgan fingerprint density at radius 3 is 2.88 bits per heavy atom. The van der Waals surface area contributed by atoms with E-state index in [2.05, 4.69) is 5.48 Å². The van der Waals surface area contributed by atoms with Crippen LogP contribution in [0.25, 0.3) is 0 Å². The molecule has 0 spiro atoms. The van der Waals surface area contributed by atoms with Gasteiger partial charge in [-0.3, -0.25) is 9.63 Å². The molecular formula is C12H16ClNO2. The second kappa shape index (κ2) is 6.51. The van der Waals surface area contributed by atoms with Crippen LogP contribution in [-0.2, 0) is 16.1 Å². The zero-order valence-corrected chi connectivity index (χ0v) is 10.3. The van der Waals surface area contributed by atoms with Crippen LogP contribution >= 0.6 is 11.6 Å². The van der Waals surface area contributed by atoms with Gasteiger partial charge in [-0.1, -0.05) is 23.7 Å². The summed E-state index contributed by atoms with van der Waals surface area (Å²) in [6.45, 7) is 4.25. The van der Waals surface area contributed by atoms with E-state index in [9.17, 15) is 4.79 Å². The van der Waals surface area contributed by atoms with E-state index in [1.54, 1.807) is 0 Å². The quantitative estimate of drug-likeness (QED) is 0.805. The van der Waals surface area contributed by atoms with Gasteiger partial charge in [-0.2, -0.15) is 0 Å². The van der Waals surface area contributed by atoms with Crippen LogP contribution in [0.2, 0.25) is 5.02 Å². The van der Waals surface area contributed by atoms with Crippen LogP contribution in [0, 0.1) is 6.92 Å². The largest absolute Gasteiger partial charge is 0.274 e. The van der Waals surface area contributed by atoms with Gasteiger partial charge in [0.05, 0.1) is 6.61 Å². The number of benzene rings is 1. The Morgan fingerprint density at radius 2 is 2.25 bits per heavy atom. The molecular weight excluding hydrogens is 226 g/mol. The molecule has 0 radical (unpaired) electrons. The summed E-state index contributed by atoms with van der Waals surface area (Å²) >= 11 is 5.99. The minimum atomic E-state index is -0.112. The third kappa shape index (κ3) is 4.21. The highest BCUT2D eigenvalue weighted by Crippen LogP contribution is 2.17. The number of hydrogen-bond donors (Lipinski definition) is 1. The van der Waals surface area contributed by atoms with Crippen molar-refractivity contribution in [2.45, 2.75) is 26.7 Å². The van der Waals surface area contributed by atoms with Gasteiger partial charge >= 0.3 is 0 Å². The molecule has 0 saturated heterocycles. The lowest BCUT2D eigenvalue weighted by Crippen LogP contribution is -2.23. The fraction of sp³-hybridized carbons (Fsp3) is 0.417. The molecule has 1 aromatic carbocycles. The number of amides is 1. The number of halogens is 1. The van der Waals surface area contributed by atoms with Crippen LogP contribution in [0.5, 0.6) is 0 Å². The summed E-state index contributed by atoms with van der Waals surface area (Å²) in [4.78, 5) is 16.1. The first kappa shape index (κ1) is 13.0. The molecule has 16 heavy (non-hydrogen) atoms. The first-order valence-corrected chi connectivity index (χ1v) is 5.67. The molecule has 0 bridgehead atoms. The Hall–Kier alpha value is -1.06. The van der Waals surface area contributed by atoms with E-state index >= 15 is 0 Å². The molecule has 1 amide bonds. The molecule has 0 aliphatic rings. The molecule has 3 nitrogen and oxygen atoms in total.